The summed E-state index contributed by atoms with van der Waals surface area (Å²) in [5.74, 6) is 0.162. The van der Waals surface area contributed by atoms with Gasteiger partial charge >= 0.3 is 0 Å². The van der Waals surface area contributed by atoms with E-state index in [0.29, 0.717) is 18.1 Å². The van der Waals surface area contributed by atoms with Crippen molar-refractivity contribution in [1.82, 2.24) is 19.9 Å². The minimum absolute atomic E-state index is 0.162. The first kappa shape index (κ1) is 16.4. The molecule has 1 aliphatic rings. The number of rotatable bonds is 5. The summed E-state index contributed by atoms with van der Waals surface area (Å²) < 4.78 is 4.92. The molecule has 0 bridgehead atoms. The second kappa shape index (κ2) is 7.42. The molecule has 3 rings (SSSR count). The van der Waals surface area contributed by atoms with Crippen molar-refractivity contribution >= 4 is 28.8 Å². The summed E-state index contributed by atoms with van der Waals surface area (Å²) in [6.07, 6.45) is 1.01. The number of carbonyl (C=O) groups excluding carboxylic acids is 1. The smallest absolute Gasteiger partial charge is 0.229 e. The van der Waals surface area contributed by atoms with E-state index in [9.17, 15) is 4.79 Å². The maximum Gasteiger partial charge on any atom is 0.229 e. The Labute approximate surface area is 144 Å². The van der Waals surface area contributed by atoms with Gasteiger partial charge in [-0.1, -0.05) is 5.16 Å². The Balaban J connectivity index is 1.45. The molecule has 1 fully saturated rings. The normalized spacial score (nSPS) is 16.0. The molecule has 0 spiro atoms. The lowest BCUT2D eigenvalue weighted by Gasteiger charge is -2.34. The Morgan fingerprint density at radius 1 is 1.39 bits per heavy atom. The van der Waals surface area contributed by atoms with Gasteiger partial charge in [0, 0.05) is 50.1 Å². The van der Waals surface area contributed by atoms with Crippen LogP contribution in [-0.2, 0) is 17.8 Å². The molecule has 0 saturated carbocycles. The predicted octanol–water partition coefficient (Wildman–Crippen LogP) is 2.37. The zero-order chi connectivity index (χ0) is 16.2. The fourth-order valence-electron chi connectivity index (χ4n) is 2.73. The summed E-state index contributed by atoms with van der Waals surface area (Å²) in [4.78, 5) is 20.9. The average molecular weight is 355 g/mol. The van der Waals surface area contributed by atoms with Crippen LogP contribution in [0.3, 0.4) is 0 Å². The van der Waals surface area contributed by atoms with Crippen LogP contribution in [0.15, 0.2) is 15.4 Å². The summed E-state index contributed by atoms with van der Waals surface area (Å²) in [6.45, 7) is 6.00. The minimum Gasteiger partial charge on any atom is -0.344 e. The van der Waals surface area contributed by atoms with E-state index >= 15 is 0 Å². The summed E-state index contributed by atoms with van der Waals surface area (Å²) in [7, 11) is 0. The lowest BCUT2D eigenvalue weighted by molar-refractivity contribution is -0.133. The molecule has 1 saturated heterocycles. The molecule has 2 aromatic heterocycles. The number of hydrogen-bond donors (Lipinski definition) is 0. The molecular formula is C15H19ClN4O2S. The summed E-state index contributed by atoms with van der Waals surface area (Å²) >= 11 is 7.55. The molecule has 6 nitrogen and oxygen atoms in total. The van der Waals surface area contributed by atoms with Crippen molar-refractivity contribution in [1.29, 1.82) is 0 Å². The Hall–Kier alpha value is -1.44. The highest BCUT2D eigenvalue weighted by Gasteiger charge is 2.22. The monoisotopic (exact) mass is 354 g/mol. The van der Waals surface area contributed by atoms with Gasteiger partial charge < -0.3 is 9.42 Å². The van der Waals surface area contributed by atoms with E-state index in [-0.39, 0.29) is 5.91 Å². The lowest BCUT2D eigenvalue weighted by Crippen LogP contribution is -2.48. The SMILES string of the molecule is Cc1noc(Cl)c1CCC(=O)N1CCN(Cc2cscn2)CC1. The molecule has 0 radical (unpaired) electrons. The van der Waals surface area contributed by atoms with Crippen LogP contribution in [0.1, 0.15) is 23.4 Å². The average Bonchev–Trinajstić information content (AvgIpc) is 3.17. The van der Waals surface area contributed by atoms with E-state index in [4.69, 9.17) is 16.1 Å². The van der Waals surface area contributed by atoms with Gasteiger partial charge in [-0.15, -0.1) is 11.3 Å². The Kier molecular flexibility index (Phi) is 5.30. The highest BCUT2D eigenvalue weighted by Crippen LogP contribution is 2.21. The van der Waals surface area contributed by atoms with Crippen molar-refractivity contribution in [2.45, 2.75) is 26.3 Å². The topological polar surface area (TPSA) is 62.5 Å². The van der Waals surface area contributed by atoms with Gasteiger partial charge in [0.25, 0.3) is 0 Å². The second-order valence-corrected chi connectivity index (χ2v) is 6.72. The van der Waals surface area contributed by atoms with Crippen molar-refractivity contribution in [3.63, 3.8) is 0 Å². The van der Waals surface area contributed by atoms with Gasteiger partial charge in [0.2, 0.25) is 11.1 Å². The number of piperazine rings is 1. The standard InChI is InChI=1S/C15H19ClN4O2S/c1-11-13(15(16)22-18-11)2-3-14(21)20-6-4-19(5-7-20)8-12-9-23-10-17-12/h9-10H,2-8H2,1H3. The van der Waals surface area contributed by atoms with Crippen LogP contribution >= 0.6 is 22.9 Å². The van der Waals surface area contributed by atoms with E-state index in [1.807, 2.05) is 17.3 Å². The molecule has 0 atom stereocenters. The van der Waals surface area contributed by atoms with Crippen LogP contribution in [0.25, 0.3) is 0 Å². The first-order chi connectivity index (χ1) is 11.1. The zero-order valence-electron chi connectivity index (χ0n) is 13.0. The molecule has 1 amide bonds. The van der Waals surface area contributed by atoms with E-state index in [2.05, 4.69) is 20.4 Å². The van der Waals surface area contributed by atoms with Crippen molar-refractivity contribution in [2.75, 3.05) is 26.2 Å². The van der Waals surface area contributed by atoms with Crippen molar-refractivity contribution in [3.05, 3.63) is 33.1 Å². The number of amides is 1. The number of thiazole rings is 1. The molecule has 2 aromatic rings. The first-order valence-electron chi connectivity index (χ1n) is 7.61. The van der Waals surface area contributed by atoms with E-state index < -0.39 is 0 Å². The third-order valence-corrected chi connectivity index (χ3v) is 5.05. The molecule has 0 aromatic carbocycles. The molecule has 23 heavy (non-hydrogen) atoms. The predicted molar refractivity (Wildman–Crippen MR) is 88.5 cm³/mol. The minimum atomic E-state index is 0.162. The number of carbonyl (C=O) groups is 1. The first-order valence-corrected chi connectivity index (χ1v) is 8.93. The molecule has 0 unspecified atom stereocenters. The van der Waals surface area contributed by atoms with Gasteiger partial charge in [-0.3, -0.25) is 9.69 Å². The van der Waals surface area contributed by atoms with E-state index in [0.717, 1.165) is 49.7 Å². The van der Waals surface area contributed by atoms with Crippen molar-refractivity contribution in [2.24, 2.45) is 0 Å². The largest absolute Gasteiger partial charge is 0.344 e. The second-order valence-electron chi connectivity index (χ2n) is 5.66. The van der Waals surface area contributed by atoms with Gasteiger partial charge in [-0.05, 0) is 24.9 Å². The van der Waals surface area contributed by atoms with Gasteiger partial charge in [-0.25, -0.2) is 4.98 Å². The third kappa shape index (κ3) is 4.10. The Morgan fingerprint density at radius 3 is 2.78 bits per heavy atom. The van der Waals surface area contributed by atoms with E-state index in [1.165, 1.54) is 0 Å². The highest BCUT2D eigenvalue weighted by atomic mass is 35.5. The Bertz CT molecular complexity index is 631. The number of aromatic nitrogens is 2. The van der Waals surface area contributed by atoms with Crippen LogP contribution in [0.5, 0.6) is 0 Å². The summed E-state index contributed by atoms with van der Waals surface area (Å²) in [5.41, 5.74) is 4.55. The Morgan fingerprint density at radius 2 is 2.17 bits per heavy atom. The van der Waals surface area contributed by atoms with Gasteiger partial charge in [-0.2, -0.15) is 0 Å². The molecule has 124 valence electrons. The highest BCUT2D eigenvalue weighted by molar-refractivity contribution is 7.07. The molecule has 1 aliphatic heterocycles. The lowest BCUT2D eigenvalue weighted by atomic mass is 10.1. The summed E-state index contributed by atoms with van der Waals surface area (Å²) in [6, 6.07) is 0. The number of aryl methyl sites for hydroxylation is 1. The quantitative estimate of drug-likeness (QED) is 0.824. The maximum absolute atomic E-state index is 12.3. The molecule has 8 heteroatoms. The molecular weight excluding hydrogens is 336 g/mol. The third-order valence-electron chi connectivity index (χ3n) is 4.12. The van der Waals surface area contributed by atoms with E-state index in [1.54, 1.807) is 11.3 Å². The fourth-order valence-corrected chi connectivity index (χ4v) is 3.55. The van der Waals surface area contributed by atoms with Crippen LogP contribution < -0.4 is 0 Å². The van der Waals surface area contributed by atoms with Crippen molar-refractivity contribution < 1.29 is 9.32 Å². The number of hydrogen-bond acceptors (Lipinski definition) is 6. The van der Waals surface area contributed by atoms with Gasteiger partial charge in [0.1, 0.15) is 0 Å². The summed E-state index contributed by atoms with van der Waals surface area (Å²) in [5, 5.41) is 6.18. The van der Waals surface area contributed by atoms with Crippen LogP contribution in [0.2, 0.25) is 5.22 Å². The van der Waals surface area contributed by atoms with Gasteiger partial charge in [0.15, 0.2) is 0 Å². The number of halogens is 1. The number of nitrogens with zero attached hydrogens (tertiary/aromatic N) is 4. The van der Waals surface area contributed by atoms with Crippen molar-refractivity contribution in [3.8, 4) is 0 Å². The van der Waals surface area contributed by atoms with Gasteiger partial charge in [0.05, 0.1) is 16.9 Å². The van der Waals surface area contributed by atoms with Crippen LogP contribution in [0.4, 0.5) is 0 Å². The molecule has 3 heterocycles. The van der Waals surface area contributed by atoms with Crippen LogP contribution in [0, 0.1) is 6.92 Å². The molecule has 0 aliphatic carbocycles. The zero-order valence-corrected chi connectivity index (χ0v) is 14.6. The fraction of sp³-hybridized carbons (Fsp3) is 0.533. The van der Waals surface area contributed by atoms with Crippen LogP contribution in [-0.4, -0.2) is 52.0 Å². The maximum atomic E-state index is 12.3. The molecule has 0 N–H and O–H groups in total.